The van der Waals surface area contributed by atoms with Crippen molar-refractivity contribution in [2.24, 2.45) is 5.92 Å². The molecule has 4 nitrogen and oxygen atoms in total. The molecular weight excluding hydrogens is 396 g/mol. The van der Waals surface area contributed by atoms with Gasteiger partial charge in [-0.3, -0.25) is 0 Å². The number of rotatable bonds is 9. The molecule has 1 aliphatic rings. The minimum absolute atomic E-state index is 0.245. The third kappa shape index (κ3) is 5.89. The van der Waals surface area contributed by atoms with Crippen LogP contribution in [0.3, 0.4) is 0 Å². The fourth-order valence-electron chi connectivity index (χ4n) is 5.06. The molecule has 1 aromatic heterocycles. The van der Waals surface area contributed by atoms with Crippen molar-refractivity contribution in [3.05, 3.63) is 95.3 Å². The number of aromatic nitrogens is 1. The van der Waals surface area contributed by atoms with Crippen molar-refractivity contribution < 1.29 is 14.4 Å². The number of ether oxygens (including phenoxy) is 1. The van der Waals surface area contributed by atoms with E-state index < -0.39 is 0 Å². The van der Waals surface area contributed by atoms with Crippen LogP contribution in [-0.4, -0.2) is 24.2 Å². The number of quaternary nitrogens is 1. The van der Waals surface area contributed by atoms with Gasteiger partial charge in [0.2, 0.25) is 0 Å². The molecule has 4 heteroatoms. The van der Waals surface area contributed by atoms with Crippen LogP contribution in [0.5, 0.6) is 0 Å². The van der Waals surface area contributed by atoms with Gasteiger partial charge < -0.3 is 14.2 Å². The Balaban J connectivity index is 1.54. The normalized spacial score (nSPS) is 15.4. The van der Waals surface area contributed by atoms with Crippen LogP contribution in [0.2, 0.25) is 0 Å². The highest BCUT2D eigenvalue weighted by Gasteiger charge is 2.23. The molecule has 0 saturated heterocycles. The summed E-state index contributed by atoms with van der Waals surface area (Å²) in [4.78, 5) is 13.9. The number of hydrogen-bond acceptors (Lipinski definition) is 2. The molecule has 3 aromatic rings. The second-order valence-electron chi connectivity index (χ2n) is 9.07. The molecule has 1 atom stereocenters. The quantitative estimate of drug-likeness (QED) is 0.507. The molecule has 0 radical (unpaired) electrons. The molecule has 0 bridgehead atoms. The molecule has 0 amide bonds. The zero-order chi connectivity index (χ0) is 22.2. The molecule has 0 aliphatic heterocycles. The Morgan fingerprint density at radius 1 is 0.938 bits per heavy atom. The summed E-state index contributed by atoms with van der Waals surface area (Å²) in [7, 11) is 1.46. The van der Waals surface area contributed by atoms with E-state index in [-0.39, 0.29) is 5.97 Å². The summed E-state index contributed by atoms with van der Waals surface area (Å²) in [5.41, 5.74) is 4.42. The topological polar surface area (TPSA) is 35.7 Å². The zero-order valence-electron chi connectivity index (χ0n) is 19.1. The van der Waals surface area contributed by atoms with Crippen molar-refractivity contribution in [2.75, 3.05) is 13.7 Å². The van der Waals surface area contributed by atoms with E-state index in [0.717, 1.165) is 37.7 Å². The molecule has 2 aromatic carbocycles. The van der Waals surface area contributed by atoms with Crippen LogP contribution < -0.4 is 4.90 Å². The van der Waals surface area contributed by atoms with E-state index in [0.29, 0.717) is 5.56 Å². The Kier molecular flexibility index (Phi) is 7.78. The highest BCUT2D eigenvalue weighted by Crippen LogP contribution is 2.22. The summed E-state index contributed by atoms with van der Waals surface area (Å²) in [5.74, 6) is 0.520. The van der Waals surface area contributed by atoms with Crippen LogP contribution in [0.25, 0.3) is 0 Å². The lowest BCUT2D eigenvalue weighted by atomic mass is 9.88. The number of methoxy groups -OCH3 is 1. The maximum Gasteiger partial charge on any atom is 0.338 e. The maximum atomic E-state index is 12.3. The highest BCUT2D eigenvalue weighted by atomic mass is 16.5. The number of carbonyl (C=O) groups excluding carboxylic acids is 1. The summed E-state index contributed by atoms with van der Waals surface area (Å²) in [6.45, 7) is 3.81. The molecule has 1 N–H and O–H groups in total. The lowest BCUT2D eigenvalue weighted by Crippen LogP contribution is -3.10. The summed E-state index contributed by atoms with van der Waals surface area (Å²) in [6, 6.07) is 22.9. The van der Waals surface area contributed by atoms with Gasteiger partial charge in [-0.15, -0.1) is 0 Å². The first-order valence-electron chi connectivity index (χ1n) is 11.9. The molecule has 168 valence electrons. The molecule has 1 aliphatic carbocycles. The van der Waals surface area contributed by atoms with Gasteiger partial charge in [0.15, 0.2) is 0 Å². The fraction of sp³-hybridized carbons (Fsp3) is 0.393. The lowest BCUT2D eigenvalue weighted by molar-refractivity contribution is -0.931. The summed E-state index contributed by atoms with van der Waals surface area (Å²) < 4.78 is 7.41. The third-order valence-electron chi connectivity index (χ3n) is 6.72. The fourth-order valence-corrected chi connectivity index (χ4v) is 5.06. The molecule has 0 spiro atoms. The van der Waals surface area contributed by atoms with Crippen LogP contribution in [0.1, 0.15) is 59.3 Å². The summed E-state index contributed by atoms with van der Waals surface area (Å²) in [5, 5.41) is 0. The predicted molar refractivity (Wildman–Crippen MR) is 128 cm³/mol. The lowest BCUT2D eigenvalue weighted by Gasteiger charge is -2.28. The number of nitrogens with one attached hydrogen (secondary N) is 1. The second kappa shape index (κ2) is 11.1. The van der Waals surface area contributed by atoms with Gasteiger partial charge in [0.05, 0.1) is 24.9 Å². The highest BCUT2D eigenvalue weighted by molar-refractivity contribution is 5.90. The van der Waals surface area contributed by atoms with Gasteiger partial charge >= 0.3 is 5.97 Å². The van der Waals surface area contributed by atoms with Crippen LogP contribution >= 0.6 is 0 Å². The van der Waals surface area contributed by atoms with Crippen molar-refractivity contribution in [3.8, 4) is 0 Å². The number of hydrogen-bond donors (Lipinski definition) is 1. The molecule has 1 fully saturated rings. The van der Waals surface area contributed by atoms with Crippen molar-refractivity contribution in [1.82, 2.24) is 4.57 Å². The average molecular weight is 432 g/mol. The van der Waals surface area contributed by atoms with Crippen LogP contribution in [0, 0.1) is 5.92 Å². The second-order valence-corrected chi connectivity index (χ2v) is 9.07. The Morgan fingerprint density at radius 2 is 1.69 bits per heavy atom. The van der Waals surface area contributed by atoms with Gasteiger partial charge in [-0.2, -0.15) is 0 Å². The number of benzene rings is 2. The van der Waals surface area contributed by atoms with E-state index in [1.165, 1.54) is 55.4 Å². The Bertz CT molecular complexity index is 989. The van der Waals surface area contributed by atoms with Gasteiger partial charge in [-0.05, 0) is 36.6 Å². The SMILES string of the molecule is COC(=O)c1ccccc1C[NH+](Cc1cccn1Cc1ccccc1)CC1CCCCC1. The minimum atomic E-state index is -0.245. The van der Waals surface area contributed by atoms with E-state index in [1.54, 1.807) is 0 Å². The van der Waals surface area contributed by atoms with E-state index in [9.17, 15) is 4.79 Å². The zero-order valence-corrected chi connectivity index (χ0v) is 19.1. The largest absolute Gasteiger partial charge is 0.465 e. The predicted octanol–water partition coefficient (Wildman–Crippen LogP) is 4.49. The van der Waals surface area contributed by atoms with E-state index in [4.69, 9.17) is 4.74 Å². The Labute approximate surface area is 191 Å². The minimum Gasteiger partial charge on any atom is -0.465 e. The monoisotopic (exact) mass is 431 g/mol. The smallest absolute Gasteiger partial charge is 0.338 e. The maximum absolute atomic E-state index is 12.3. The Morgan fingerprint density at radius 3 is 2.47 bits per heavy atom. The van der Waals surface area contributed by atoms with Crippen LogP contribution in [-0.2, 0) is 24.4 Å². The number of carbonyl (C=O) groups is 1. The molecular formula is C28H35N2O2+. The van der Waals surface area contributed by atoms with Gasteiger partial charge in [0, 0.05) is 24.2 Å². The van der Waals surface area contributed by atoms with Gasteiger partial charge in [-0.1, -0.05) is 67.8 Å². The number of nitrogens with zero attached hydrogens (tertiary/aromatic N) is 1. The molecule has 1 heterocycles. The first kappa shape index (κ1) is 22.3. The van der Waals surface area contributed by atoms with Crippen molar-refractivity contribution in [3.63, 3.8) is 0 Å². The van der Waals surface area contributed by atoms with Crippen LogP contribution in [0.15, 0.2) is 72.9 Å². The van der Waals surface area contributed by atoms with Crippen molar-refractivity contribution in [2.45, 2.75) is 51.7 Å². The summed E-state index contributed by atoms with van der Waals surface area (Å²) >= 11 is 0. The van der Waals surface area contributed by atoms with E-state index in [2.05, 4.69) is 59.3 Å². The van der Waals surface area contributed by atoms with Gasteiger partial charge in [0.1, 0.15) is 13.1 Å². The van der Waals surface area contributed by atoms with Gasteiger partial charge in [-0.25, -0.2) is 4.79 Å². The van der Waals surface area contributed by atoms with E-state index >= 15 is 0 Å². The summed E-state index contributed by atoms with van der Waals surface area (Å²) in [6.07, 6.45) is 8.91. The molecule has 1 unspecified atom stereocenters. The van der Waals surface area contributed by atoms with Crippen molar-refractivity contribution in [1.29, 1.82) is 0 Å². The Hall–Kier alpha value is -2.85. The van der Waals surface area contributed by atoms with E-state index in [1.807, 2.05) is 18.2 Å². The third-order valence-corrected chi connectivity index (χ3v) is 6.72. The first-order valence-corrected chi connectivity index (χ1v) is 11.9. The molecule has 1 saturated carbocycles. The molecule has 32 heavy (non-hydrogen) atoms. The van der Waals surface area contributed by atoms with Crippen molar-refractivity contribution >= 4 is 5.97 Å². The first-order chi connectivity index (χ1) is 15.7. The molecule has 4 rings (SSSR count). The van der Waals surface area contributed by atoms with Gasteiger partial charge in [0.25, 0.3) is 0 Å². The standard InChI is InChI=1S/C28H34N2O2/c1-32-28(31)27-17-9-8-15-25(27)21-29(19-23-11-4-2-5-12-23)22-26-16-10-18-30(26)20-24-13-6-3-7-14-24/h3,6-10,13-18,23H,2,4-5,11-12,19-22H2,1H3/p+1. The number of esters is 1. The average Bonchev–Trinajstić information content (AvgIpc) is 3.26. The van der Waals surface area contributed by atoms with Crippen LogP contribution in [0.4, 0.5) is 0 Å².